The van der Waals surface area contributed by atoms with Crippen LogP contribution >= 0.6 is 0 Å². The van der Waals surface area contributed by atoms with Gasteiger partial charge in [-0.2, -0.15) is 0 Å². The number of aliphatic hydroxyl groups excluding tert-OH is 1. The van der Waals surface area contributed by atoms with Crippen molar-refractivity contribution in [1.29, 1.82) is 0 Å². The first-order valence-corrected chi connectivity index (χ1v) is 8.77. The molecule has 0 aliphatic rings. The molecule has 0 radical (unpaired) electrons. The van der Waals surface area contributed by atoms with Crippen molar-refractivity contribution < 1.29 is 5.11 Å². The molecular formula is C23H23NO. The van der Waals surface area contributed by atoms with Gasteiger partial charge in [-0.1, -0.05) is 60.7 Å². The average Bonchev–Trinajstić information content (AvgIpc) is 2.66. The first kappa shape index (κ1) is 16.1. The van der Waals surface area contributed by atoms with E-state index in [0.29, 0.717) is 0 Å². The second-order valence-electron chi connectivity index (χ2n) is 7.36. The third-order valence-corrected chi connectivity index (χ3v) is 5.01. The topological polar surface area (TPSA) is 32.3 Å². The molecule has 0 aliphatic carbocycles. The Morgan fingerprint density at radius 3 is 2.16 bits per heavy atom. The van der Waals surface area contributed by atoms with Gasteiger partial charge in [-0.05, 0) is 57.8 Å². The van der Waals surface area contributed by atoms with Gasteiger partial charge in [-0.25, -0.2) is 0 Å². The molecule has 0 heterocycles. The number of fused-ring (bicyclic) bond motifs is 5. The molecule has 0 bridgehead atoms. The smallest absolute Gasteiger partial charge is 0.0607 e. The van der Waals surface area contributed by atoms with Gasteiger partial charge in [0.25, 0.3) is 0 Å². The standard InChI is InChI=1S/C23H23NO/c1-23(2,15-25)24-14-17-13-22-18-8-4-3-7-16(18)11-12-21(22)20-10-6-5-9-19(17)20/h3-13,24-25H,14-15H2,1-2H3. The van der Waals surface area contributed by atoms with Crippen molar-refractivity contribution in [2.45, 2.75) is 25.9 Å². The van der Waals surface area contributed by atoms with E-state index < -0.39 is 0 Å². The molecule has 0 saturated carbocycles. The molecule has 0 atom stereocenters. The summed E-state index contributed by atoms with van der Waals surface area (Å²) in [6.45, 7) is 4.88. The van der Waals surface area contributed by atoms with Crippen molar-refractivity contribution in [1.82, 2.24) is 5.32 Å². The fourth-order valence-electron chi connectivity index (χ4n) is 3.47. The normalized spacial score (nSPS) is 12.3. The summed E-state index contributed by atoms with van der Waals surface area (Å²) in [6.07, 6.45) is 0. The summed E-state index contributed by atoms with van der Waals surface area (Å²) in [6, 6.07) is 23.9. The van der Waals surface area contributed by atoms with E-state index in [0.717, 1.165) is 6.54 Å². The van der Waals surface area contributed by atoms with Crippen LogP contribution in [0.25, 0.3) is 32.3 Å². The lowest BCUT2D eigenvalue weighted by atomic mass is 9.93. The molecule has 126 valence electrons. The van der Waals surface area contributed by atoms with E-state index in [1.807, 2.05) is 13.8 Å². The van der Waals surface area contributed by atoms with E-state index in [-0.39, 0.29) is 12.1 Å². The van der Waals surface area contributed by atoms with E-state index in [1.54, 1.807) is 0 Å². The molecule has 4 rings (SSSR count). The van der Waals surface area contributed by atoms with Crippen LogP contribution in [0.4, 0.5) is 0 Å². The van der Waals surface area contributed by atoms with Crippen LogP contribution in [-0.2, 0) is 6.54 Å². The maximum atomic E-state index is 9.54. The van der Waals surface area contributed by atoms with Gasteiger partial charge in [0.15, 0.2) is 0 Å². The third-order valence-electron chi connectivity index (χ3n) is 5.01. The third kappa shape index (κ3) is 2.88. The van der Waals surface area contributed by atoms with Crippen LogP contribution < -0.4 is 5.32 Å². The summed E-state index contributed by atoms with van der Waals surface area (Å²) in [7, 11) is 0. The van der Waals surface area contributed by atoms with Crippen molar-refractivity contribution in [3.8, 4) is 0 Å². The second kappa shape index (κ2) is 6.14. The molecule has 0 saturated heterocycles. The van der Waals surface area contributed by atoms with Crippen molar-refractivity contribution in [3.63, 3.8) is 0 Å². The Labute approximate surface area is 148 Å². The van der Waals surface area contributed by atoms with Gasteiger partial charge in [0, 0.05) is 12.1 Å². The predicted octanol–water partition coefficient (Wildman–Crippen LogP) is 5.01. The minimum atomic E-state index is -0.297. The largest absolute Gasteiger partial charge is 0.394 e. The zero-order valence-electron chi connectivity index (χ0n) is 14.7. The number of nitrogens with one attached hydrogen (secondary N) is 1. The lowest BCUT2D eigenvalue weighted by Crippen LogP contribution is -2.42. The summed E-state index contributed by atoms with van der Waals surface area (Å²) in [5, 5.41) is 20.7. The van der Waals surface area contributed by atoms with E-state index in [9.17, 15) is 5.11 Å². The SMILES string of the molecule is CC(C)(CO)NCc1cc2c3ccccc3ccc2c2ccccc12. The summed E-state index contributed by atoms with van der Waals surface area (Å²) < 4.78 is 0. The Bertz CT molecular complexity index is 1070. The van der Waals surface area contributed by atoms with Gasteiger partial charge >= 0.3 is 0 Å². The molecule has 2 N–H and O–H groups in total. The fourth-order valence-corrected chi connectivity index (χ4v) is 3.47. The number of hydrogen-bond acceptors (Lipinski definition) is 2. The van der Waals surface area contributed by atoms with Crippen LogP contribution in [0.1, 0.15) is 19.4 Å². The first-order chi connectivity index (χ1) is 12.1. The molecule has 0 fully saturated rings. The van der Waals surface area contributed by atoms with Crippen molar-refractivity contribution in [2.24, 2.45) is 0 Å². The average molecular weight is 329 g/mol. The maximum Gasteiger partial charge on any atom is 0.0607 e. The molecule has 2 heteroatoms. The van der Waals surface area contributed by atoms with Crippen LogP contribution in [0, 0.1) is 0 Å². The summed E-state index contributed by atoms with van der Waals surface area (Å²) >= 11 is 0. The number of benzene rings is 4. The van der Waals surface area contributed by atoms with Gasteiger partial charge in [-0.15, -0.1) is 0 Å². The van der Waals surface area contributed by atoms with Crippen molar-refractivity contribution in [3.05, 3.63) is 72.3 Å². The molecule has 0 aliphatic heterocycles. The molecule has 4 aromatic rings. The van der Waals surface area contributed by atoms with Gasteiger partial charge in [-0.3, -0.25) is 0 Å². The molecular weight excluding hydrogens is 306 g/mol. The highest BCUT2D eigenvalue weighted by molar-refractivity contribution is 6.18. The van der Waals surface area contributed by atoms with Crippen LogP contribution in [0.15, 0.2) is 66.7 Å². The van der Waals surface area contributed by atoms with E-state index in [1.165, 1.54) is 37.9 Å². The van der Waals surface area contributed by atoms with Crippen LogP contribution in [0.2, 0.25) is 0 Å². The quantitative estimate of drug-likeness (QED) is 0.516. The number of aliphatic hydroxyl groups is 1. The fraction of sp³-hybridized carbons (Fsp3) is 0.217. The Kier molecular flexibility index (Phi) is 3.95. The molecule has 25 heavy (non-hydrogen) atoms. The molecule has 0 amide bonds. The molecule has 4 aromatic carbocycles. The lowest BCUT2D eigenvalue weighted by molar-refractivity contribution is 0.187. The first-order valence-electron chi connectivity index (χ1n) is 8.77. The molecule has 0 aromatic heterocycles. The van der Waals surface area contributed by atoms with Crippen LogP contribution in [0.3, 0.4) is 0 Å². The summed E-state index contributed by atoms with van der Waals surface area (Å²) in [5.74, 6) is 0. The van der Waals surface area contributed by atoms with Gasteiger partial charge < -0.3 is 10.4 Å². The van der Waals surface area contributed by atoms with Gasteiger partial charge in [0.1, 0.15) is 0 Å². The van der Waals surface area contributed by atoms with E-state index in [4.69, 9.17) is 0 Å². The van der Waals surface area contributed by atoms with Crippen LogP contribution in [0.5, 0.6) is 0 Å². The van der Waals surface area contributed by atoms with Crippen LogP contribution in [-0.4, -0.2) is 17.3 Å². The highest BCUT2D eigenvalue weighted by Crippen LogP contribution is 2.33. The Morgan fingerprint density at radius 2 is 1.40 bits per heavy atom. The monoisotopic (exact) mass is 329 g/mol. The molecule has 2 nitrogen and oxygen atoms in total. The van der Waals surface area contributed by atoms with Crippen molar-refractivity contribution >= 4 is 32.3 Å². The van der Waals surface area contributed by atoms with E-state index >= 15 is 0 Å². The second-order valence-corrected chi connectivity index (χ2v) is 7.36. The minimum Gasteiger partial charge on any atom is -0.394 e. The zero-order chi connectivity index (χ0) is 17.4. The number of hydrogen-bond donors (Lipinski definition) is 2. The van der Waals surface area contributed by atoms with Crippen molar-refractivity contribution in [2.75, 3.05) is 6.61 Å². The maximum absolute atomic E-state index is 9.54. The summed E-state index contributed by atoms with van der Waals surface area (Å²) in [4.78, 5) is 0. The summed E-state index contributed by atoms with van der Waals surface area (Å²) in [5.41, 5.74) is 0.968. The molecule has 0 unspecified atom stereocenters. The zero-order valence-corrected chi connectivity index (χ0v) is 14.7. The Hall–Kier alpha value is -2.42. The Morgan fingerprint density at radius 1 is 0.760 bits per heavy atom. The van der Waals surface area contributed by atoms with Gasteiger partial charge in [0.05, 0.1) is 6.61 Å². The Balaban J connectivity index is 1.98. The lowest BCUT2D eigenvalue weighted by Gasteiger charge is -2.24. The highest BCUT2D eigenvalue weighted by atomic mass is 16.3. The van der Waals surface area contributed by atoms with Gasteiger partial charge in [0.2, 0.25) is 0 Å². The predicted molar refractivity (Wildman–Crippen MR) is 107 cm³/mol. The number of rotatable bonds is 4. The minimum absolute atomic E-state index is 0.113. The molecule has 0 spiro atoms. The van der Waals surface area contributed by atoms with E-state index in [2.05, 4.69) is 72.0 Å². The highest BCUT2D eigenvalue weighted by Gasteiger charge is 2.16.